The first kappa shape index (κ1) is 25.9. The van der Waals surface area contributed by atoms with Gasteiger partial charge < -0.3 is 20.5 Å². The van der Waals surface area contributed by atoms with Crippen LogP contribution in [0.25, 0.3) is 0 Å². The largest absolute Gasteiger partial charge is 0.444 e. The maximum absolute atomic E-state index is 14.6. The number of nitrogens with zero attached hydrogens (tertiary/aromatic N) is 3. The van der Waals surface area contributed by atoms with Gasteiger partial charge in [0.25, 0.3) is 5.91 Å². The second-order valence-electron chi connectivity index (χ2n) is 9.81. The predicted molar refractivity (Wildman–Crippen MR) is 118 cm³/mol. The van der Waals surface area contributed by atoms with E-state index in [0.29, 0.717) is 10.3 Å². The van der Waals surface area contributed by atoms with Gasteiger partial charge in [-0.05, 0) is 45.4 Å². The minimum absolute atomic E-state index is 0.0339. The van der Waals surface area contributed by atoms with Gasteiger partial charge in [0.2, 0.25) is 5.82 Å². The molecule has 2 amide bonds. The molecule has 2 aromatic rings. The van der Waals surface area contributed by atoms with Crippen LogP contribution in [-0.4, -0.2) is 50.7 Å². The fourth-order valence-corrected chi connectivity index (χ4v) is 4.59. The first-order chi connectivity index (χ1) is 16.8. The van der Waals surface area contributed by atoms with Gasteiger partial charge in [-0.15, -0.1) is 0 Å². The molecule has 3 heterocycles. The summed E-state index contributed by atoms with van der Waals surface area (Å²) in [5.41, 5.74) is 4.79. The molecule has 1 aromatic heterocycles. The van der Waals surface area contributed by atoms with E-state index < -0.39 is 59.8 Å². The van der Waals surface area contributed by atoms with Crippen molar-refractivity contribution in [2.24, 2.45) is 5.73 Å². The summed E-state index contributed by atoms with van der Waals surface area (Å²) in [6, 6.07) is 1.76. The Morgan fingerprint density at radius 2 is 1.97 bits per heavy atom. The molecule has 3 N–H and O–H groups in total. The van der Waals surface area contributed by atoms with E-state index in [2.05, 4.69) is 10.3 Å². The quantitative estimate of drug-likeness (QED) is 0.593. The van der Waals surface area contributed by atoms with E-state index in [9.17, 15) is 27.2 Å². The van der Waals surface area contributed by atoms with Crippen molar-refractivity contribution in [2.45, 2.75) is 70.6 Å². The van der Waals surface area contributed by atoms with E-state index in [0.717, 1.165) is 18.2 Å². The number of alkyl halides is 2. The summed E-state index contributed by atoms with van der Waals surface area (Å²) in [5, 5.41) is 2.69. The van der Waals surface area contributed by atoms with Gasteiger partial charge in [-0.1, -0.05) is 0 Å². The maximum atomic E-state index is 14.6. The van der Waals surface area contributed by atoms with E-state index in [1.807, 2.05) is 4.90 Å². The van der Waals surface area contributed by atoms with Crippen LogP contribution in [0, 0.1) is 11.6 Å². The fourth-order valence-electron chi connectivity index (χ4n) is 4.59. The number of ether oxygens (including phenoxy) is 2. The van der Waals surface area contributed by atoms with Crippen LogP contribution >= 0.6 is 0 Å². The van der Waals surface area contributed by atoms with Crippen LogP contribution in [0.15, 0.2) is 18.2 Å². The van der Waals surface area contributed by atoms with Crippen molar-refractivity contribution in [3.05, 3.63) is 52.6 Å². The average Bonchev–Trinajstić information content (AvgIpc) is 3.32. The highest BCUT2D eigenvalue weighted by Gasteiger charge is 2.41. The molecule has 2 aliphatic rings. The van der Waals surface area contributed by atoms with Gasteiger partial charge >= 0.3 is 12.6 Å². The summed E-state index contributed by atoms with van der Waals surface area (Å²) in [6.45, 7) is 2.27. The maximum Gasteiger partial charge on any atom is 0.407 e. The second kappa shape index (κ2) is 9.69. The Bertz CT molecular complexity index is 1170. The highest BCUT2D eigenvalue weighted by atomic mass is 19.3. The van der Waals surface area contributed by atoms with Crippen molar-refractivity contribution in [2.75, 3.05) is 6.61 Å². The number of amides is 2. The molecule has 0 unspecified atom stereocenters. The third-order valence-corrected chi connectivity index (χ3v) is 6.06. The fraction of sp³-hybridized carbons (Fsp3) is 0.522. The molecule has 0 aliphatic carbocycles. The van der Waals surface area contributed by atoms with Crippen LogP contribution in [0.1, 0.15) is 67.4 Å². The van der Waals surface area contributed by atoms with Gasteiger partial charge in [-0.25, -0.2) is 18.6 Å². The Kier molecular flexibility index (Phi) is 6.97. The van der Waals surface area contributed by atoms with Crippen molar-refractivity contribution in [1.29, 1.82) is 0 Å². The van der Waals surface area contributed by atoms with Crippen LogP contribution in [0.2, 0.25) is 0 Å². The Morgan fingerprint density at radius 1 is 1.25 bits per heavy atom. The number of benzene rings is 1. The van der Waals surface area contributed by atoms with Gasteiger partial charge in [-0.2, -0.15) is 8.78 Å². The Hall–Kier alpha value is -3.19. The molecule has 2 aliphatic heterocycles. The summed E-state index contributed by atoms with van der Waals surface area (Å²) in [6.07, 6.45) is -1.55. The first-order valence-corrected chi connectivity index (χ1v) is 11.3. The molecular formula is C23H27F4N5O4. The van der Waals surface area contributed by atoms with Crippen LogP contribution in [0.5, 0.6) is 0 Å². The Labute approximate surface area is 204 Å². The zero-order chi connectivity index (χ0) is 26.4. The number of carbonyl (C=O) groups excluding carboxylic acids is 2. The van der Waals surface area contributed by atoms with Crippen LogP contribution in [0.3, 0.4) is 0 Å². The van der Waals surface area contributed by atoms with Crippen molar-refractivity contribution < 1.29 is 36.6 Å². The average molecular weight is 513 g/mol. The minimum atomic E-state index is -3.01. The van der Waals surface area contributed by atoms with E-state index in [-0.39, 0.29) is 37.4 Å². The van der Waals surface area contributed by atoms with Crippen LogP contribution < -0.4 is 11.1 Å². The molecule has 9 nitrogen and oxygen atoms in total. The van der Waals surface area contributed by atoms with Crippen molar-refractivity contribution in [3.63, 3.8) is 0 Å². The number of alkyl carbamates (subject to hydrolysis) is 1. The zero-order valence-corrected chi connectivity index (χ0v) is 19.9. The Balaban J connectivity index is 1.57. The second-order valence-corrected chi connectivity index (χ2v) is 9.81. The molecule has 3 atom stereocenters. The van der Waals surface area contributed by atoms with Crippen molar-refractivity contribution in [3.8, 4) is 0 Å². The number of carbonyl (C=O) groups is 2. The summed E-state index contributed by atoms with van der Waals surface area (Å²) in [5.74, 6) is -2.93. The molecule has 13 heteroatoms. The lowest BCUT2D eigenvalue weighted by Crippen LogP contribution is -2.52. The molecule has 0 saturated carbocycles. The normalized spacial score (nSPS) is 22.5. The molecular weight excluding hydrogens is 486 g/mol. The Morgan fingerprint density at radius 3 is 2.61 bits per heavy atom. The number of aromatic nitrogens is 2. The lowest BCUT2D eigenvalue weighted by atomic mass is 9.92. The summed E-state index contributed by atoms with van der Waals surface area (Å²) >= 11 is 0. The van der Waals surface area contributed by atoms with Crippen LogP contribution in [0.4, 0.5) is 22.4 Å². The molecule has 1 saturated heterocycles. The number of hydrogen-bond acceptors (Lipinski definition) is 6. The van der Waals surface area contributed by atoms with Gasteiger partial charge in [0.05, 0.1) is 24.0 Å². The monoisotopic (exact) mass is 513 g/mol. The zero-order valence-electron chi connectivity index (χ0n) is 19.9. The van der Waals surface area contributed by atoms with E-state index >= 15 is 0 Å². The minimum Gasteiger partial charge on any atom is -0.444 e. The molecule has 0 bridgehead atoms. The molecule has 196 valence electrons. The smallest absolute Gasteiger partial charge is 0.407 e. The summed E-state index contributed by atoms with van der Waals surface area (Å²) in [4.78, 5) is 29.9. The number of rotatable bonds is 5. The molecule has 0 spiro atoms. The van der Waals surface area contributed by atoms with Crippen LogP contribution in [-0.2, 0) is 22.6 Å². The third-order valence-electron chi connectivity index (χ3n) is 6.06. The van der Waals surface area contributed by atoms with Gasteiger partial charge in [0, 0.05) is 24.7 Å². The molecule has 36 heavy (non-hydrogen) atoms. The predicted octanol–water partition coefficient (Wildman–Crippen LogP) is 3.39. The van der Waals surface area contributed by atoms with Crippen molar-refractivity contribution in [1.82, 2.24) is 19.8 Å². The number of nitrogens with one attached hydrogen (secondary N) is 1. The molecule has 1 fully saturated rings. The highest BCUT2D eigenvalue weighted by molar-refractivity contribution is 5.89. The standard InChI is InChI=1S/C23H27F4N5O4/c1-23(2,3)36-22(34)30-15-7-12(10-35-18(15)13-6-11(24)4-5-14(13)25)31-8-16-17(9-31)32(21(26)27)20(29-16)19(28)33/h4-6,12,15,18,21H,7-10H2,1-3H3,(H2,28,33)(H,30,34)/t12-,15+,18-/m1/s1. The van der Waals surface area contributed by atoms with E-state index in [1.165, 1.54) is 0 Å². The highest BCUT2D eigenvalue weighted by Crippen LogP contribution is 2.36. The number of nitrogens with two attached hydrogens (primary N) is 1. The third kappa shape index (κ3) is 5.31. The number of hydrogen-bond donors (Lipinski definition) is 2. The topological polar surface area (TPSA) is 112 Å². The SMILES string of the molecule is CC(C)(C)OC(=O)N[C@H]1C[C@@H](N2Cc3nc(C(N)=O)n(C(F)F)c3C2)CO[C@@H]1c1cc(F)ccc1F. The summed E-state index contributed by atoms with van der Waals surface area (Å²) < 4.78 is 67.5. The number of imidazole rings is 1. The van der Waals surface area contributed by atoms with E-state index in [4.69, 9.17) is 15.2 Å². The molecule has 1 aromatic carbocycles. The van der Waals surface area contributed by atoms with Crippen molar-refractivity contribution >= 4 is 12.0 Å². The lowest BCUT2D eigenvalue weighted by Gasteiger charge is -2.40. The van der Waals surface area contributed by atoms with Gasteiger partial charge in [0.15, 0.2) is 0 Å². The summed E-state index contributed by atoms with van der Waals surface area (Å²) in [7, 11) is 0. The first-order valence-electron chi connectivity index (χ1n) is 11.3. The van der Waals surface area contributed by atoms with E-state index in [1.54, 1.807) is 20.8 Å². The number of fused-ring (bicyclic) bond motifs is 1. The van der Waals surface area contributed by atoms with Gasteiger partial charge in [-0.3, -0.25) is 14.3 Å². The number of halogens is 4. The van der Waals surface area contributed by atoms with Gasteiger partial charge in [0.1, 0.15) is 23.3 Å². The lowest BCUT2D eigenvalue weighted by molar-refractivity contribution is -0.0634. The number of primary amides is 1. The molecule has 4 rings (SSSR count). The molecule has 0 radical (unpaired) electrons.